The minimum Gasteiger partial charge on any atom is -0.325 e. The van der Waals surface area contributed by atoms with Gasteiger partial charge >= 0.3 is 5.37 Å². The Hall–Kier alpha value is -0.540. The van der Waals surface area contributed by atoms with E-state index >= 15 is 0 Å². The number of nitrogens with zero attached hydrogens (tertiary/aromatic N) is 1. The zero-order valence-corrected chi connectivity index (χ0v) is 8.52. The lowest BCUT2D eigenvalue weighted by Gasteiger charge is -2.20. The molecule has 1 rings (SSSR count). The first-order valence-corrected chi connectivity index (χ1v) is 4.84. The molecule has 1 aromatic rings. The fourth-order valence-corrected chi connectivity index (χ4v) is 1.84. The molecule has 0 saturated carbocycles. The summed E-state index contributed by atoms with van der Waals surface area (Å²) in [5.41, 5.74) is 0. The fraction of sp³-hybridized carbons (Fsp3) is 0.375. The zero-order valence-electron chi connectivity index (χ0n) is 6.95. The second-order valence-electron chi connectivity index (χ2n) is 2.56. The molecule has 2 nitrogen and oxygen atoms in total. The van der Waals surface area contributed by atoms with Crippen molar-refractivity contribution in [2.24, 2.45) is 0 Å². The Morgan fingerprint density at radius 1 is 1.75 bits per heavy atom. The second kappa shape index (κ2) is 3.92. The van der Waals surface area contributed by atoms with E-state index in [4.69, 9.17) is 11.6 Å². The van der Waals surface area contributed by atoms with Gasteiger partial charge in [-0.25, -0.2) is 0 Å². The van der Waals surface area contributed by atoms with Crippen LogP contribution in [0.15, 0.2) is 17.5 Å². The van der Waals surface area contributed by atoms with E-state index in [1.54, 1.807) is 18.4 Å². The van der Waals surface area contributed by atoms with Crippen molar-refractivity contribution >= 4 is 28.3 Å². The summed E-state index contributed by atoms with van der Waals surface area (Å²) < 4.78 is 0. The van der Waals surface area contributed by atoms with Crippen molar-refractivity contribution in [2.75, 3.05) is 7.05 Å². The lowest BCUT2D eigenvalue weighted by molar-refractivity contribution is 0.219. The number of halogens is 1. The summed E-state index contributed by atoms with van der Waals surface area (Å²) in [6, 6.07) is 4.02. The minimum atomic E-state index is -0.420. The van der Waals surface area contributed by atoms with Gasteiger partial charge in [0.25, 0.3) is 0 Å². The number of hydrogen-bond donors (Lipinski definition) is 0. The molecule has 0 aliphatic rings. The second-order valence-corrected chi connectivity index (χ2v) is 3.86. The van der Waals surface area contributed by atoms with Crippen LogP contribution in [0.2, 0.25) is 0 Å². The predicted molar refractivity (Wildman–Crippen MR) is 51.7 cm³/mol. The van der Waals surface area contributed by atoms with Gasteiger partial charge in [0.2, 0.25) is 0 Å². The quantitative estimate of drug-likeness (QED) is 0.534. The van der Waals surface area contributed by atoms with E-state index in [0.717, 1.165) is 4.88 Å². The molecular formula is C8H10ClNOS. The maximum Gasteiger partial charge on any atom is 0.316 e. The van der Waals surface area contributed by atoms with Crippen LogP contribution in [0.5, 0.6) is 0 Å². The Kier molecular flexibility index (Phi) is 3.12. The van der Waals surface area contributed by atoms with Crippen LogP contribution in [-0.2, 0) is 0 Å². The van der Waals surface area contributed by atoms with Crippen LogP contribution < -0.4 is 0 Å². The van der Waals surface area contributed by atoms with Gasteiger partial charge in [0.15, 0.2) is 0 Å². The molecule has 1 aromatic heterocycles. The Morgan fingerprint density at radius 3 is 2.83 bits per heavy atom. The third-order valence-corrected chi connectivity index (χ3v) is 3.12. The van der Waals surface area contributed by atoms with Crippen LogP contribution in [0.25, 0.3) is 0 Å². The van der Waals surface area contributed by atoms with Gasteiger partial charge in [0, 0.05) is 11.9 Å². The summed E-state index contributed by atoms with van der Waals surface area (Å²) >= 11 is 6.96. The molecule has 12 heavy (non-hydrogen) atoms. The summed E-state index contributed by atoms with van der Waals surface area (Å²) in [5.74, 6) is 0. The predicted octanol–water partition coefficient (Wildman–Crippen LogP) is 3.10. The Morgan fingerprint density at radius 2 is 2.42 bits per heavy atom. The Labute approximate surface area is 80.8 Å². The molecule has 4 heteroatoms. The molecule has 0 radical (unpaired) electrons. The van der Waals surface area contributed by atoms with E-state index in [1.165, 1.54) is 4.90 Å². The number of rotatable bonds is 2. The number of hydrogen-bond acceptors (Lipinski definition) is 2. The average Bonchev–Trinajstić information content (AvgIpc) is 2.53. The van der Waals surface area contributed by atoms with Gasteiger partial charge in [-0.1, -0.05) is 6.07 Å². The molecule has 1 heterocycles. The molecule has 1 unspecified atom stereocenters. The third kappa shape index (κ3) is 1.99. The summed E-state index contributed by atoms with van der Waals surface area (Å²) in [6.45, 7) is 1.95. The van der Waals surface area contributed by atoms with Gasteiger partial charge in [0.1, 0.15) is 0 Å². The van der Waals surface area contributed by atoms with Crippen molar-refractivity contribution < 1.29 is 4.79 Å². The van der Waals surface area contributed by atoms with E-state index in [9.17, 15) is 4.79 Å². The van der Waals surface area contributed by atoms with Gasteiger partial charge in [-0.05, 0) is 30.0 Å². The van der Waals surface area contributed by atoms with E-state index in [2.05, 4.69) is 0 Å². The van der Waals surface area contributed by atoms with Crippen molar-refractivity contribution in [3.63, 3.8) is 0 Å². The molecule has 1 amide bonds. The first kappa shape index (κ1) is 9.55. The minimum absolute atomic E-state index is 0.0648. The van der Waals surface area contributed by atoms with E-state index < -0.39 is 5.37 Å². The van der Waals surface area contributed by atoms with Gasteiger partial charge in [-0.15, -0.1) is 11.3 Å². The molecule has 66 valence electrons. The van der Waals surface area contributed by atoms with Crippen LogP contribution in [0.4, 0.5) is 4.79 Å². The van der Waals surface area contributed by atoms with Gasteiger partial charge in [-0.2, -0.15) is 0 Å². The standard InChI is InChI=1S/C8H10ClNOS/c1-6(10(2)8(9)11)7-4-3-5-12-7/h3-6H,1-2H3. The third-order valence-electron chi connectivity index (χ3n) is 1.81. The zero-order chi connectivity index (χ0) is 9.14. The van der Waals surface area contributed by atoms with Crippen molar-refractivity contribution in [1.29, 1.82) is 0 Å². The topological polar surface area (TPSA) is 20.3 Å². The van der Waals surface area contributed by atoms with E-state index in [1.807, 2.05) is 24.4 Å². The summed E-state index contributed by atoms with van der Waals surface area (Å²) in [5, 5.41) is 1.56. The van der Waals surface area contributed by atoms with Crippen LogP contribution in [-0.4, -0.2) is 17.3 Å². The average molecular weight is 204 g/mol. The number of thiophene rings is 1. The maximum atomic E-state index is 10.8. The first-order chi connectivity index (χ1) is 5.63. The molecule has 0 bridgehead atoms. The number of carbonyl (C=O) groups is 1. The lowest BCUT2D eigenvalue weighted by Crippen LogP contribution is -2.23. The normalized spacial score (nSPS) is 12.6. The van der Waals surface area contributed by atoms with Crippen molar-refractivity contribution in [2.45, 2.75) is 13.0 Å². The van der Waals surface area contributed by atoms with Crippen LogP contribution >= 0.6 is 22.9 Å². The molecule has 0 aliphatic carbocycles. The molecule has 0 aliphatic heterocycles. The van der Waals surface area contributed by atoms with Gasteiger partial charge < -0.3 is 4.90 Å². The van der Waals surface area contributed by atoms with Crippen LogP contribution in [0.3, 0.4) is 0 Å². The molecular weight excluding hydrogens is 194 g/mol. The lowest BCUT2D eigenvalue weighted by atomic mass is 10.2. The Bertz CT molecular complexity index is 260. The fourth-order valence-electron chi connectivity index (χ4n) is 0.872. The Balaban J connectivity index is 2.71. The SMILES string of the molecule is CC(c1cccs1)N(C)C(=O)Cl. The van der Waals surface area contributed by atoms with Gasteiger partial charge in [0.05, 0.1) is 6.04 Å². The highest BCUT2D eigenvalue weighted by Gasteiger charge is 2.15. The molecule has 0 saturated heterocycles. The highest BCUT2D eigenvalue weighted by molar-refractivity contribution is 7.10. The molecule has 0 spiro atoms. The monoisotopic (exact) mass is 203 g/mol. The molecule has 0 N–H and O–H groups in total. The summed E-state index contributed by atoms with van der Waals surface area (Å²) in [7, 11) is 1.69. The molecule has 0 fully saturated rings. The summed E-state index contributed by atoms with van der Waals surface area (Å²) in [6.07, 6.45) is 0. The van der Waals surface area contributed by atoms with E-state index in [-0.39, 0.29) is 6.04 Å². The highest BCUT2D eigenvalue weighted by atomic mass is 35.5. The highest BCUT2D eigenvalue weighted by Crippen LogP contribution is 2.23. The van der Waals surface area contributed by atoms with Gasteiger partial charge in [-0.3, -0.25) is 4.79 Å². The van der Waals surface area contributed by atoms with Crippen molar-refractivity contribution in [1.82, 2.24) is 4.90 Å². The smallest absolute Gasteiger partial charge is 0.316 e. The van der Waals surface area contributed by atoms with E-state index in [0.29, 0.717) is 0 Å². The summed E-state index contributed by atoms with van der Waals surface area (Å²) in [4.78, 5) is 13.4. The number of amides is 1. The number of carbonyl (C=O) groups excluding carboxylic acids is 1. The first-order valence-electron chi connectivity index (χ1n) is 3.58. The van der Waals surface area contributed by atoms with Crippen molar-refractivity contribution in [3.8, 4) is 0 Å². The maximum absolute atomic E-state index is 10.8. The molecule has 0 aromatic carbocycles. The largest absolute Gasteiger partial charge is 0.325 e. The van der Waals surface area contributed by atoms with Crippen LogP contribution in [0, 0.1) is 0 Å². The molecule has 1 atom stereocenters. The van der Waals surface area contributed by atoms with Crippen LogP contribution in [0.1, 0.15) is 17.8 Å². The van der Waals surface area contributed by atoms with Crippen molar-refractivity contribution in [3.05, 3.63) is 22.4 Å².